The first-order valence-corrected chi connectivity index (χ1v) is 7.85. The molecule has 1 heterocycles. The fourth-order valence-corrected chi connectivity index (χ4v) is 3.27. The summed E-state index contributed by atoms with van der Waals surface area (Å²) in [5.74, 6) is -0.207. The first-order chi connectivity index (χ1) is 9.47. The molecule has 0 aromatic heterocycles. The van der Waals surface area contributed by atoms with E-state index in [0.29, 0.717) is 12.5 Å². The van der Waals surface area contributed by atoms with Gasteiger partial charge in [-0.25, -0.2) is 4.39 Å². The second-order valence-electron chi connectivity index (χ2n) is 5.77. The van der Waals surface area contributed by atoms with Crippen molar-refractivity contribution in [3.63, 3.8) is 0 Å². The highest BCUT2D eigenvalue weighted by Crippen LogP contribution is 2.21. The summed E-state index contributed by atoms with van der Waals surface area (Å²) in [6, 6.07) is 5.09. The van der Waals surface area contributed by atoms with E-state index in [1.807, 2.05) is 0 Å². The Kier molecular flexibility index (Phi) is 5.55. The molecule has 0 bridgehead atoms. The maximum Gasteiger partial charge on any atom is 0.123 e. The summed E-state index contributed by atoms with van der Waals surface area (Å²) >= 11 is 3.48. The van der Waals surface area contributed by atoms with Gasteiger partial charge in [0.2, 0.25) is 0 Å². The predicted molar refractivity (Wildman–Crippen MR) is 84.3 cm³/mol. The number of hydrogen-bond donors (Lipinski definition) is 1. The van der Waals surface area contributed by atoms with Crippen LogP contribution in [0.1, 0.15) is 12.0 Å². The average Bonchev–Trinajstić information content (AvgIpc) is 2.55. The molecule has 3 nitrogen and oxygen atoms in total. The molecule has 0 saturated carbocycles. The molecule has 1 aromatic carbocycles. The molecule has 0 radical (unpaired) electrons. The maximum absolute atomic E-state index is 13.4. The van der Waals surface area contributed by atoms with Crippen molar-refractivity contribution in [1.82, 2.24) is 9.80 Å². The molecule has 112 valence electrons. The summed E-state index contributed by atoms with van der Waals surface area (Å²) in [5, 5.41) is 0. The Morgan fingerprint density at radius 1 is 1.40 bits per heavy atom. The van der Waals surface area contributed by atoms with Gasteiger partial charge in [-0.1, -0.05) is 15.9 Å². The Hall–Kier alpha value is -0.490. The Morgan fingerprint density at radius 3 is 2.90 bits per heavy atom. The van der Waals surface area contributed by atoms with Crippen molar-refractivity contribution in [2.75, 3.05) is 33.7 Å². The highest BCUT2D eigenvalue weighted by Gasteiger charge is 2.26. The number of rotatable bonds is 3. The van der Waals surface area contributed by atoms with Crippen molar-refractivity contribution in [3.8, 4) is 0 Å². The van der Waals surface area contributed by atoms with E-state index in [9.17, 15) is 4.39 Å². The molecule has 1 fully saturated rings. The molecule has 20 heavy (non-hydrogen) atoms. The van der Waals surface area contributed by atoms with Crippen LogP contribution in [-0.2, 0) is 6.42 Å². The fraction of sp³-hybridized carbons (Fsp3) is 0.600. The Bertz CT molecular complexity index is 455. The van der Waals surface area contributed by atoms with Crippen LogP contribution in [-0.4, -0.2) is 55.6 Å². The van der Waals surface area contributed by atoms with Crippen LogP contribution in [0.2, 0.25) is 0 Å². The molecule has 1 aliphatic rings. The lowest BCUT2D eigenvalue weighted by atomic mass is 9.99. The molecular formula is C15H23BrFN3. The van der Waals surface area contributed by atoms with Gasteiger partial charge in [0.25, 0.3) is 0 Å². The molecule has 0 spiro atoms. The largest absolute Gasteiger partial charge is 0.326 e. The van der Waals surface area contributed by atoms with Crippen molar-refractivity contribution < 1.29 is 4.39 Å². The van der Waals surface area contributed by atoms with Gasteiger partial charge in [-0.2, -0.15) is 0 Å². The van der Waals surface area contributed by atoms with E-state index in [2.05, 4.69) is 39.8 Å². The zero-order valence-corrected chi connectivity index (χ0v) is 13.7. The minimum absolute atomic E-state index is 0.00125. The molecule has 2 atom stereocenters. The van der Waals surface area contributed by atoms with Gasteiger partial charge in [0.05, 0.1) is 0 Å². The number of likely N-dealkylation sites (N-methyl/N-ethyl adjacent to an activating group) is 2. The van der Waals surface area contributed by atoms with Crippen LogP contribution >= 0.6 is 15.9 Å². The van der Waals surface area contributed by atoms with Crippen LogP contribution in [0.4, 0.5) is 4.39 Å². The predicted octanol–water partition coefficient (Wildman–Crippen LogP) is 2.09. The summed E-state index contributed by atoms with van der Waals surface area (Å²) in [7, 11) is 4.27. The highest BCUT2D eigenvalue weighted by atomic mass is 79.9. The third kappa shape index (κ3) is 4.01. The molecule has 1 aliphatic heterocycles. The molecule has 0 aliphatic carbocycles. The summed E-state index contributed by atoms with van der Waals surface area (Å²) in [6.45, 7) is 3.13. The van der Waals surface area contributed by atoms with Crippen LogP contribution < -0.4 is 5.73 Å². The second-order valence-corrected chi connectivity index (χ2v) is 6.62. The van der Waals surface area contributed by atoms with E-state index in [1.165, 1.54) is 12.5 Å². The number of hydrogen-bond acceptors (Lipinski definition) is 3. The third-order valence-corrected chi connectivity index (χ3v) is 4.85. The topological polar surface area (TPSA) is 32.5 Å². The van der Waals surface area contributed by atoms with Gasteiger partial charge >= 0.3 is 0 Å². The minimum atomic E-state index is -0.207. The van der Waals surface area contributed by atoms with Gasteiger partial charge < -0.3 is 15.5 Å². The number of halogens is 2. The highest BCUT2D eigenvalue weighted by molar-refractivity contribution is 9.10. The minimum Gasteiger partial charge on any atom is -0.326 e. The summed E-state index contributed by atoms with van der Waals surface area (Å²) in [6.07, 6.45) is 1.85. The van der Waals surface area contributed by atoms with Gasteiger partial charge in [-0.15, -0.1) is 0 Å². The summed E-state index contributed by atoms with van der Waals surface area (Å²) in [4.78, 5) is 4.66. The van der Waals surface area contributed by atoms with E-state index in [4.69, 9.17) is 5.73 Å². The van der Waals surface area contributed by atoms with Crippen molar-refractivity contribution >= 4 is 15.9 Å². The van der Waals surface area contributed by atoms with Crippen molar-refractivity contribution in [3.05, 3.63) is 34.1 Å². The van der Waals surface area contributed by atoms with E-state index in [0.717, 1.165) is 29.7 Å². The molecular weight excluding hydrogens is 321 g/mol. The monoisotopic (exact) mass is 343 g/mol. The van der Waals surface area contributed by atoms with E-state index >= 15 is 0 Å². The van der Waals surface area contributed by atoms with Crippen LogP contribution in [0.3, 0.4) is 0 Å². The van der Waals surface area contributed by atoms with Gasteiger partial charge in [0.15, 0.2) is 0 Å². The smallest absolute Gasteiger partial charge is 0.123 e. The van der Waals surface area contributed by atoms with E-state index in [1.54, 1.807) is 12.1 Å². The van der Waals surface area contributed by atoms with E-state index in [-0.39, 0.29) is 11.9 Å². The standard InChI is InChI=1S/C15H23BrFN3/c1-19-6-3-7-20(2)15(10-19)14(18)9-11-8-12(17)4-5-13(11)16/h4-5,8,14-15H,3,6-7,9-10,18H2,1-2H3. The molecule has 2 N–H and O–H groups in total. The zero-order chi connectivity index (χ0) is 14.7. The number of nitrogens with zero attached hydrogens (tertiary/aromatic N) is 2. The molecule has 1 aromatic rings. The normalized spacial score (nSPS) is 23.6. The van der Waals surface area contributed by atoms with Crippen molar-refractivity contribution in [2.24, 2.45) is 5.73 Å². The Labute approximate surface area is 129 Å². The van der Waals surface area contributed by atoms with Crippen molar-refractivity contribution in [2.45, 2.75) is 24.9 Å². The lowest BCUT2D eigenvalue weighted by Crippen LogP contribution is -2.51. The van der Waals surface area contributed by atoms with E-state index < -0.39 is 0 Å². The second kappa shape index (κ2) is 6.98. The van der Waals surface area contributed by atoms with Crippen LogP contribution in [0.25, 0.3) is 0 Å². The lowest BCUT2D eigenvalue weighted by Gasteiger charge is -2.32. The lowest BCUT2D eigenvalue weighted by molar-refractivity contribution is 0.195. The molecule has 2 unspecified atom stereocenters. The van der Waals surface area contributed by atoms with Gasteiger partial charge in [-0.3, -0.25) is 0 Å². The summed E-state index contributed by atoms with van der Waals surface area (Å²) < 4.78 is 14.3. The molecule has 2 rings (SSSR count). The quantitative estimate of drug-likeness (QED) is 0.912. The zero-order valence-electron chi connectivity index (χ0n) is 12.1. The molecule has 0 amide bonds. The SMILES string of the molecule is CN1CCCN(C)C(C(N)Cc2cc(F)ccc2Br)C1. The summed E-state index contributed by atoms with van der Waals surface area (Å²) in [5.41, 5.74) is 7.35. The molecule has 1 saturated heterocycles. The maximum atomic E-state index is 13.4. The van der Waals surface area contributed by atoms with Crippen LogP contribution in [0.15, 0.2) is 22.7 Å². The molecule has 5 heteroatoms. The van der Waals surface area contributed by atoms with Gasteiger partial charge in [-0.05, 0) is 63.8 Å². The average molecular weight is 344 g/mol. The number of nitrogens with two attached hydrogens (primary N) is 1. The Morgan fingerprint density at radius 2 is 2.15 bits per heavy atom. The first-order valence-electron chi connectivity index (χ1n) is 7.05. The number of benzene rings is 1. The van der Waals surface area contributed by atoms with Gasteiger partial charge in [0, 0.05) is 23.1 Å². The van der Waals surface area contributed by atoms with Gasteiger partial charge in [0.1, 0.15) is 5.82 Å². The fourth-order valence-electron chi connectivity index (χ4n) is 2.86. The Balaban J connectivity index is 2.09. The first kappa shape index (κ1) is 15.9. The van der Waals surface area contributed by atoms with Crippen molar-refractivity contribution in [1.29, 1.82) is 0 Å². The van der Waals surface area contributed by atoms with Crippen LogP contribution in [0.5, 0.6) is 0 Å². The van der Waals surface area contributed by atoms with Crippen LogP contribution in [0, 0.1) is 5.82 Å². The third-order valence-electron chi connectivity index (χ3n) is 4.07.